The van der Waals surface area contributed by atoms with Crippen LogP contribution in [0.25, 0.3) is 11.5 Å². The number of aromatic nitrogens is 4. The molecular weight excluding hydrogens is 312 g/mol. The van der Waals surface area contributed by atoms with E-state index in [4.69, 9.17) is 14.0 Å². The molecule has 2 heterocycles. The third-order valence-electron chi connectivity index (χ3n) is 2.69. The van der Waals surface area contributed by atoms with Crippen molar-refractivity contribution in [3.8, 4) is 11.5 Å². The first-order chi connectivity index (χ1) is 11.6. The molecule has 0 aliphatic rings. The molecule has 130 valence electrons. The number of methoxy groups -OCH3 is 1. The van der Waals surface area contributed by atoms with Crippen LogP contribution in [-0.2, 0) is 14.3 Å². The summed E-state index contributed by atoms with van der Waals surface area (Å²) in [7, 11) is 1.65. The second-order valence-electron chi connectivity index (χ2n) is 4.75. The average Bonchev–Trinajstić information content (AvgIpc) is 3.02. The molecule has 0 spiro atoms. The van der Waals surface area contributed by atoms with Gasteiger partial charge in [-0.15, -0.1) is 0 Å². The molecule has 2 aromatic heterocycles. The van der Waals surface area contributed by atoms with Crippen molar-refractivity contribution in [3.63, 3.8) is 0 Å². The molecule has 2 aromatic rings. The van der Waals surface area contributed by atoms with E-state index in [-0.39, 0.29) is 5.97 Å². The highest BCUT2D eigenvalue weighted by Crippen LogP contribution is 2.10. The van der Waals surface area contributed by atoms with Crippen LogP contribution in [0.15, 0.2) is 29.6 Å². The van der Waals surface area contributed by atoms with Crippen LogP contribution >= 0.6 is 0 Å². The summed E-state index contributed by atoms with van der Waals surface area (Å²) in [5.41, 5.74) is 1.49. The Morgan fingerprint density at radius 1 is 1.25 bits per heavy atom. The second kappa shape index (κ2) is 11.0. The topological polar surface area (TPSA) is 100 Å². The van der Waals surface area contributed by atoms with Crippen molar-refractivity contribution < 1.29 is 18.8 Å². The average molecular weight is 334 g/mol. The first kappa shape index (κ1) is 19.4. The van der Waals surface area contributed by atoms with Gasteiger partial charge in [-0.2, -0.15) is 4.98 Å². The molecule has 0 radical (unpaired) electrons. The van der Waals surface area contributed by atoms with Gasteiger partial charge in [-0.1, -0.05) is 11.7 Å². The first-order valence-corrected chi connectivity index (χ1v) is 7.44. The number of ether oxygens (including phenoxy) is 2. The van der Waals surface area contributed by atoms with E-state index in [0.717, 1.165) is 24.6 Å². The lowest BCUT2D eigenvalue weighted by Gasteiger charge is -2.00. The van der Waals surface area contributed by atoms with Gasteiger partial charge in [-0.3, -0.25) is 4.98 Å². The van der Waals surface area contributed by atoms with Gasteiger partial charge in [-0.25, -0.2) is 9.78 Å². The Hall–Kier alpha value is -2.61. The van der Waals surface area contributed by atoms with Gasteiger partial charge in [0.25, 0.3) is 0 Å². The largest absolute Gasteiger partial charge is 0.463 e. The van der Waals surface area contributed by atoms with Crippen LogP contribution in [0.1, 0.15) is 24.4 Å². The minimum Gasteiger partial charge on any atom is -0.463 e. The summed E-state index contributed by atoms with van der Waals surface area (Å²) < 4.78 is 14.4. The van der Waals surface area contributed by atoms with E-state index < -0.39 is 0 Å². The van der Waals surface area contributed by atoms with Gasteiger partial charge in [0.1, 0.15) is 5.69 Å². The summed E-state index contributed by atoms with van der Waals surface area (Å²) in [6.45, 7) is 8.05. The van der Waals surface area contributed by atoms with Crippen molar-refractivity contribution in [2.75, 3.05) is 20.3 Å². The number of hydrogen-bond donors (Lipinski definition) is 0. The van der Waals surface area contributed by atoms with Crippen LogP contribution in [0, 0.1) is 13.8 Å². The third kappa shape index (κ3) is 7.59. The number of aryl methyl sites for hydroxylation is 2. The van der Waals surface area contributed by atoms with E-state index in [9.17, 15) is 4.79 Å². The number of hydrogen-bond acceptors (Lipinski definition) is 8. The SMILES string of the molecule is C=CC(=O)OCCCCOC.Cc1cnc(-c2noc(C)n2)cn1. The maximum absolute atomic E-state index is 10.5. The predicted molar refractivity (Wildman–Crippen MR) is 87.1 cm³/mol. The molecule has 2 rings (SSSR count). The standard InChI is InChI=1S/C8H8N4O.C8H14O3/c1-5-3-10-7(4-9-5)8-11-6(2)13-12-8;1-3-8(9)11-7-5-4-6-10-2/h3-4H,1-2H3;3H,1,4-7H2,2H3. The lowest BCUT2D eigenvalue weighted by molar-refractivity contribution is -0.137. The molecule has 0 N–H and O–H groups in total. The van der Waals surface area contributed by atoms with Crippen molar-refractivity contribution >= 4 is 5.97 Å². The highest BCUT2D eigenvalue weighted by molar-refractivity contribution is 5.81. The molecule has 8 nitrogen and oxygen atoms in total. The molecule has 8 heteroatoms. The van der Waals surface area contributed by atoms with Crippen molar-refractivity contribution in [1.29, 1.82) is 0 Å². The number of esters is 1. The summed E-state index contributed by atoms with van der Waals surface area (Å²) in [5, 5.41) is 3.73. The summed E-state index contributed by atoms with van der Waals surface area (Å²) in [4.78, 5) is 22.7. The molecule has 0 aliphatic carbocycles. The predicted octanol–water partition coefficient (Wildman–Crippen LogP) is 2.29. The minimum atomic E-state index is -0.359. The zero-order valence-corrected chi connectivity index (χ0v) is 14.2. The molecular formula is C16H22N4O4. The summed E-state index contributed by atoms with van der Waals surface area (Å²) in [5.74, 6) is 0.643. The van der Waals surface area contributed by atoms with Gasteiger partial charge in [0.05, 0.1) is 18.5 Å². The Balaban J connectivity index is 0.000000245. The number of carbonyl (C=O) groups excluding carboxylic acids is 1. The maximum Gasteiger partial charge on any atom is 0.330 e. The Labute approximate surface area is 140 Å². The van der Waals surface area contributed by atoms with Gasteiger partial charge >= 0.3 is 5.97 Å². The van der Waals surface area contributed by atoms with Crippen molar-refractivity contribution in [2.45, 2.75) is 26.7 Å². The lowest BCUT2D eigenvalue weighted by Crippen LogP contribution is -2.02. The Bertz CT molecular complexity index is 625. The minimum absolute atomic E-state index is 0.359. The van der Waals surface area contributed by atoms with Gasteiger partial charge in [-0.05, 0) is 19.8 Å². The van der Waals surface area contributed by atoms with Gasteiger partial charge in [0.15, 0.2) is 0 Å². The highest BCUT2D eigenvalue weighted by Gasteiger charge is 2.06. The van der Waals surface area contributed by atoms with E-state index >= 15 is 0 Å². The number of unbranched alkanes of at least 4 members (excludes halogenated alkanes) is 1. The van der Waals surface area contributed by atoms with Crippen LogP contribution in [0.2, 0.25) is 0 Å². The van der Waals surface area contributed by atoms with Gasteiger partial charge in [0, 0.05) is 32.9 Å². The van der Waals surface area contributed by atoms with Crippen LogP contribution in [0.5, 0.6) is 0 Å². The van der Waals surface area contributed by atoms with Gasteiger partial charge < -0.3 is 14.0 Å². The lowest BCUT2D eigenvalue weighted by atomic mass is 10.3. The molecule has 0 aromatic carbocycles. The van der Waals surface area contributed by atoms with E-state index in [1.54, 1.807) is 26.4 Å². The van der Waals surface area contributed by atoms with E-state index in [2.05, 4.69) is 26.7 Å². The molecule has 0 amide bonds. The van der Waals surface area contributed by atoms with Crippen LogP contribution in [0.4, 0.5) is 0 Å². The van der Waals surface area contributed by atoms with Crippen molar-refractivity contribution in [2.24, 2.45) is 0 Å². The molecule has 0 bridgehead atoms. The van der Waals surface area contributed by atoms with E-state index in [1.807, 2.05) is 6.92 Å². The molecule has 0 unspecified atom stereocenters. The smallest absolute Gasteiger partial charge is 0.330 e. The molecule has 0 saturated heterocycles. The maximum atomic E-state index is 10.5. The normalized spacial score (nSPS) is 9.79. The Morgan fingerprint density at radius 3 is 2.54 bits per heavy atom. The van der Waals surface area contributed by atoms with E-state index in [1.165, 1.54) is 0 Å². The molecule has 0 atom stereocenters. The fourth-order valence-electron chi connectivity index (χ4n) is 1.49. The summed E-state index contributed by atoms with van der Waals surface area (Å²) in [6.07, 6.45) is 6.21. The van der Waals surface area contributed by atoms with Crippen molar-refractivity contribution in [3.05, 3.63) is 36.6 Å². The summed E-state index contributed by atoms with van der Waals surface area (Å²) in [6, 6.07) is 0. The fourth-order valence-corrected chi connectivity index (χ4v) is 1.49. The van der Waals surface area contributed by atoms with Gasteiger partial charge in [0.2, 0.25) is 11.7 Å². The quantitative estimate of drug-likeness (QED) is 0.432. The van der Waals surface area contributed by atoms with Crippen LogP contribution in [0.3, 0.4) is 0 Å². The third-order valence-corrected chi connectivity index (χ3v) is 2.69. The Kier molecular flexibility index (Phi) is 8.91. The molecule has 0 saturated carbocycles. The molecule has 0 aliphatic heterocycles. The molecule has 0 fully saturated rings. The number of carbonyl (C=O) groups is 1. The monoisotopic (exact) mass is 334 g/mol. The van der Waals surface area contributed by atoms with Crippen LogP contribution < -0.4 is 0 Å². The van der Waals surface area contributed by atoms with Crippen molar-refractivity contribution in [1.82, 2.24) is 20.1 Å². The zero-order chi connectivity index (χ0) is 17.8. The highest BCUT2D eigenvalue weighted by atomic mass is 16.5. The zero-order valence-electron chi connectivity index (χ0n) is 14.2. The number of rotatable bonds is 7. The Morgan fingerprint density at radius 2 is 2.00 bits per heavy atom. The number of nitrogens with zero attached hydrogens (tertiary/aromatic N) is 4. The molecule has 24 heavy (non-hydrogen) atoms. The second-order valence-corrected chi connectivity index (χ2v) is 4.75. The van der Waals surface area contributed by atoms with E-state index in [0.29, 0.717) is 30.6 Å². The van der Waals surface area contributed by atoms with Crippen LogP contribution in [-0.4, -0.2) is 46.4 Å². The first-order valence-electron chi connectivity index (χ1n) is 7.44. The summed E-state index contributed by atoms with van der Waals surface area (Å²) >= 11 is 0. The fraction of sp³-hybridized carbons (Fsp3) is 0.438.